The van der Waals surface area contributed by atoms with Crippen LogP contribution in [0.3, 0.4) is 0 Å². The molecule has 0 unspecified atom stereocenters. The van der Waals surface area contributed by atoms with E-state index < -0.39 is 0 Å². The van der Waals surface area contributed by atoms with E-state index in [4.69, 9.17) is 11.6 Å². The van der Waals surface area contributed by atoms with E-state index >= 15 is 0 Å². The van der Waals surface area contributed by atoms with Crippen LogP contribution < -0.4 is 5.69 Å². The van der Waals surface area contributed by atoms with Crippen molar-refractivity contribution in [3.05, 3.63) is 51.5 Å². The lowest BCUT2D eigenvalue weighted by atomic mass is 10.1. The van der Waals surface area contributed by atoms with E-state index in [0.29, 0.717) is 10.7 Å². The van der Waals surface area contributed by atoms with Gasteiger partial charge in [-0.05, 0) is 18.1 Å². The van der Waals surface area contributed by atoms with Crippen LogP contribution in [-0.4, -0.2) is 9.97 Å². The van der Waals surface area contributed by atoms with Crippen LogP contribution in [0.15, 0.2) is 35.3 Å². The number of benzene rings is 1. The molecule has 1 N–H and O–H groups in total. The molecular weight excluding hydrogens is 224 g/mol. The lowest BCUT2D eigenvalue weighted by molar-refractivity contribution is 1.01. The number of aryl methyl sites for hydroxylation is 1. The van der Waals surface area contributed by atoms with E-state index in [1.165, 1.54) is 0 Å². The standard InChI is InChI=1S/C12H11ClN2O/c1-2-8-7-14-12(16)15-11(8)9-5-3-4-6-10(9)13/h3-7H,2H2,1H3,(H,14,15,16). The highest BCUT2D eigenvalue weighted by Gasteiger charge is 2.09. The van der Waals surface area contributed by atoms with E-state index in [-0.39, 0.29) is 5.69 Å². The van der Waals surface area contributed by atoms with Gasteiger partial charge in [-0.3, -0.25) is 0 Å². The van der Waals surface area contributed by atoms with Gasteiger partial charge in [-0.1, -0.05) is 36.7 Å². The maximum Gasteiger partial charge on any atom is 0.345 e. The van der Waals surface area contributed by atoms with Crippen molar-refractivity contribution < 1.29 is 0 Å². The maximum atomic E-state index is 11.2. The Hall–Kier alpha value is -1.61. The van der Waals surface area contributed by atoms with Crippen LogP contribution in [0.1, 0.15) is 12.5 Å². The molecule has 1 aromatic heterocycles. The van der Waals surface area contributed by atoms with Crippen LogP contribution in [0.25, 0.3) is 11.3 Å². The Labute approximate surface area is 98.1 Å². The zero-order valence-corrected chi connectivity index (χ0v) is 9.58. The van der Waals surface area contributed by atoms with Crippen molar-refractivity contribution in [3.8, 4) is 11.3 Å². The molecule has 82 valence electrons. The van der Waals surface area contributed by atoms with Crippen LogP contribution in [0.4, 0.5) is 0 Å². The summed E-state index contributed by atoms with van der Waals surface area (Å²) in [5.74, 6) is 0. The summed E-state index contributed by atoms with van der Waals surface area (Å²) in [5, 5.41) is 0.607. The predicted molar refractivity (Wildman–Crippen MR) is 64.7 cm³/mol. The number of rotatable bonds is 2. The zero-order chi connectivity index (χ0) is 11.5. The Bertz CT molecular complexity index is 563. The number of H-pyrrole nitrogens is 1. The predicted octanol–water partition coefficient (Wildman–Crippen LogP) is 2.65. The van der Waals surface area contributed by atoms with Crippen LogP contribution in [0.2, 0.25) is 5.02 Å². The lowest BCUT2D eigenvalue weighted by Gasteiger charge is -2.07. The molecule has 0 spiro atoms. The van der Waals surface area contributed by atoms with Crippen LogP contribution in [-0.2, 0) is 6.42 Å². The van der Waals surface area contributed by atoms with Gasteiger partial charge in [0.25, 0.3) is 0 Å². The van der Waals surface area contributed by atoms with E-state index in [2.05, 4.69) is 9.97 Å². The first-order valence-electron chi connectivity index (χ1n) is 5.06. The third-order valence-electron chi connectivity index (χ3n) is 2.40. The highest BCUT2D eigenvalue weighted by atomic mass is 35.5. The second-order valence-electron chi connectivity index (χ2n) is 3.41. The molecule has 1 aromatic carbocycles. The van der Waals surface area contributed by atoms with Crippen molar-refractivity contribution in [2.75, 3.05) is 0 Å². The molecule has 3 nitrogen and oxygen atoms in total. The molecule has 0 saturated carbocycles. The Morgan fingerprint density at radius 1 is 1.38 bits per heavy atom. The van der Waals surface area contributed by atoms with Gasteiger partial charge < -0.3 is 4.98 Å². The SMILES string of the molecule is CCc1c[nH]c(=O)nc1-c1ccccc1Cl. The smallest absolute Gasteiger partial charge is 0.312 e. The van der Waals surface area contributed by atoms with E-state index in [1.807, 2.05) is 25.1 Å². The average molecular weight is 235 g/mol. The highest BCUT2D eigenvalue weighted by Crippen LogP contribution is 2.27. The van der Waals surface area contributed by atoms with Gasteiger partial charge in [0.2, 0.25) is 0 Å². The minimum atomic E-state index is -0.355. The number of halogens is 1. The first kappa shape index (κ1) is 10.9. The molecule has 0 fully saturated rings. The van der Waals surface area contributed by atoms with Gasteiger partial charge >= 0.3 is 5.69 Å². The minimum absolute atomic E-state index is 0.355. The van der Waals surface area contributed by atoms with E-state index in [9.17, 15) is 4.79 Å². The number of aromatic amines is 1. The van der Waals surface area contributed by atoms with Crippen molar-refractivity contribution in [1.29, 1.82) is 0 Å². The molecule has 0 aliphatic carbocycles. The average Bonchev–Trinajstić information content (AvgIpc) is 2.29. The molecule has 1 heterocycles. The summed E-state index contributed by atoms with van der Waals surface area (Å²) in [4.78, 5) is 17.8. The molecule has 0 aliphatic rings. The topological polar surface area (TPSA) is 45.8 Å². The molecule has 0 bridgehead atoms. The Balaban J connectivity index is 2.68. The van der Waals surface area contributed by atoms with Gasteiger partial charge in [0.15, 0.2) is 0 Å². The molecule has 0 amide bonds. The Morgan fingerprint density at radius 3 is 2.81 bits per heavy atom. The van der Waals surface area contributed by atoms with Gasteiger partial charge in [-0.15, -0.1) is 0 Å². The number of nitrogens with one attached hydrogen (secondary N) is 1. The molecule has 2 aromatic rings. The summed E-state index contributed by atoms with van der Waals surface area (Å²) in [6, 6.07) is 7.39. The summed E-state index contributed by atoms with van der Waals surface area (Å²) in [6.07, 6.45) is 2.48. The van der Waals surface area contributed by atoms with Gasteiger partial charge in [0, 0.05) is 16.8 Å². The van der Waals surface area contributed by atoms with Crippen molar-refractivity contribution >= 4 is 11.6 Å². The van der Waals surface area contributed by atoms with Gasteiger partial charge in [-0.2, -0.15) is 4.98 Å². The van der Waals surface area contributed by atoms with Crippen molar-refractivity contribution in [2.45, 2.75) is 13.3 Å². The monoisotopic (exact) mass is 234 g/mol. The van der Waals surface area contributed by atoms with Gasteiger partial charge in [0.05, 0.1) is 5.69 Å². The Morgan fingerprint density at radius 2 is 2.12 bits per heavy atom. The summed E-state index contributed by atoms with van der Waals surface area (Å²) in [5.41, 5.74) is 2.09. The fraction of sp³-hybridized carbons (Fsp3) is 0.167. The summed E-state index contributed by atoms with van der Waals surface area (Å²) in [7, 11) is 0. The first-order valence-corrected chi connectivity index (χ1v) is 5.43. The Kier molecular flexibility index (Phi) is 3.06. The van der Waals surface area contributed by atoms with Gasteiger partial charge in [0.1, 0.15) is 0 Å². The molecule has 2 rings (SSSR count). The van der Waals surface area contributed by atoms with E-state index in [0.717, 1.165) is 17.5 Å². The second-order valence-corrected chi connectivity index (χ2v) is 3.82. The highest BCUT2D eigenvalue weighted by molar-refractivity contribution is 6.33. The van der Waals surface area contributed by atoms with Crippen LogP contribution in [0, 0.1) is 0 Å². The van der Waals surface area contributed by atoms with Crippen LogP contribution in [0.5, 0.6) is 0 Å². The number of hydrogen-bond acceptors (Lipinski definition) is 2. The normalized spacial score (nSPS) is 10.4. The molecule has 0 atom stereocenters. The molecule has 0 aliphatic heterocycles. The van der Waals surface area contributed by atoms with Crippen molar-refractivity contribution in [3.63, 3.8) is 0 Å². The zero-order valence-electron chi connectivity index (χ0n) is 8.83. The largest absolute Gasteiger partial charge is 0.345 e. The van der Waals surface area contributed by atoms with Crippen molar-refractivity contribution in [1.82, 2.24) is 9.97 Å². The second kappa shape index (κ2) is 4.49. The fourth-order valence-corrected chi connectivity index (χ4v) is 1.80. The number of nitrogens with zero attached hydrogens (tertiary/aromatic N) is 1. The minimum Gasteiger partial charge on any atom is -0.312 e. The first-order chi connectivity index (χ1) is 7.72. The number of aromatic nitrogens is 2. The lowest BCUT2D eigenvalue weighted by Crippen LogP contribution is -2.12. The quantitative estimate of drug-likeness (QED) is 0.868. The fourth-order valence-electron chi connectivity index (χ4n) is 1.58. The molecule has 4 heteroatoms. The molecular formula is C12H11ClN2O. The summed E-state index contributed by atoms with van der Waals surface area (Å²) in [6.45, 7) is 2.01. The molecule has 16 heavy (non-hydrogen) atoms. The molecule has 0 saturated heterocycles. The molecule has 0 radical (unpaired) electrons. The third kappa shape index (κ3) is 1.99. The van der Waals surface area contributed by atoms with Crippen LogP contribution >= 0.6 is 11.6 Å². The van der Waals surface area contributed by atoms with Crippen molar-refractivity contribution in [2.24, 2.45) is 0 Å². The van der Waals surface area contributed by atoms with Gasteiger partial charge in [-0.25, -0.2) is 4.79 Å². The maximum absolute atomic E-state index is 11.2. The summed E-state index contributed by atoms with van der Waals surface area (Å²) >= 11 is 6.09. The number of hydrogen-bond donors (Lipinski definition) is 1. The summed E-state index contributed by atoms with van der Waals surface area (Å²) < 4.78 is 0. The van der Waals surface area contributed by atoms with E-state index in [1.54, 1.807) is 12.3 Å². The third-order valence-corrected chi connectivity index (χ3v) is 2.73.